The Morgan fingerprint density at radius 2 is 1.91 bits per heavy atom. The second-order valence-corrected chi connectivity index (χ2v) is 10.6. The Kier molecular flexibility index (Phi) is 5.11. The standard InChI is InChI=1S/C23H24FN5O3S/c1-16-9-22-17(11-26-29(22)19-5-3-18(24)4-6-19)10-21(16)23(15-30)7-8-28(14-23)33(31,32)20-12-25-27(2)13-20/h3-6,9-13,30H,7-8,14-15H2,1-2H3. The van der Waals surface area contributed by atoms with E-state index in [4.69, 9.17) is 0 Å². The van der Waals surface area contributed by atoms with Gasteiger partial charge in [-0.15, -0.1) is 0 Å². The molecule has 33 heavy (non-hydrogen) atoms. The number of aliphatic hydroxyl groups is 1. The zero-order chi connectivity index (χ0) is 23.4. The molecule has 2 aromatic heterocycles. The third kappa shape index (κ3) is 3.54. The number of rotatable bonds is 5. The zero-order valence-corrected chi connectivity index (χ0v) is 19.1. The summed E-state index contributed by atoms with van der Waals surface area (Å²) in [6, 6.07) is 10.1. The van der Waals surface area contributed by atoms with Crippen molar-refractivity contribution in [1.82, 2.24) is 23.9 Å². The summed E-state index contributed by atoms with van der Waals surface area (Å²) in [5, 5.41) is 19.7. The van der Waals surface area contributed by atoms with Gasteiger partial charge in [0.2, 0.25) is 10.0 Å². The summed E-state index contributed by atoms with van der Waals surface area (Å²) in [6.45, 7) is 2.26. The maximum absolute atomic E-state index is 13.3. The van der Waals surface area contributed by atoms with E-state index < -0.39 is 15.4 Å². The first-order chi connectivity index (χ1) is 15.7. The predicted molar refractivity (Wildman–Crippen MR) is 121 cm³/mol. The molecule has 0 saturated carbocycles. The highest BCUT2D eigenvalue weighted by molar-refractivity contribution is 7.89. The van der Waals surface area contributed by atoms with Gasteiger partial charge in [-0.2, -0.15) is 14.5 Å². The number of nitrogens with zero attached hydrogens (tertiary/aromatic N) is 5. The molecule has 3 heterocycles. The zero-order valence-electron chi connectivity index (χ0n) is 18.3. The monoisotopic (exact) mass is 469 g/mol. The topological polar surface area (TPSA) is 93.2 Å². The Morgan fingerprint density at radius 3 is 2.58 bits per heavy atom. The van der Waals surface area contributed by atoms with Gasteiger partial charge in [0, 0.05) is 37.1 Å². The van der Waals surface area contributed by atoms with Crippen LogP contribution in [-0.4, -0.2) is 57.1 Å². The maximum atomic E-state index is 13.3. The third-order valence-corrected chi connectivity index (χ3v) is 8.30. The van der Waals surface area contributed by atoms with Crippen LogP contribution in [0.25, 0.3) is 16.6 Å². The van der Waals surface area contributed by atoms with Crippen molar-refractivity contribution in [2.75, 3.05) is 19.7 Å². The summed E-state index contributed by atoms with van der Waals surface area (Å²) in [5.74, 6) is -0.314. The van der Waals surface area contributed by atoms with Crippen molar-refractivity contribution in [3.05, 3.63) is 71.9 Å². The Morgan fingerprint density at radius 1 is 1.15 bits per heavy atom. The van der Waals surface area contributed by atoms with Gasteiger partial charge >= 0.3 is 0 Å². The van der Waals surface area contributed by atoms with Crippen molar-refractivity contribution in [3.63, 3.8) is 0 Å². The van der Waals surface area contributed by atoms with E-state index in [1.165, 1.54) is 33.5 Å². The fourth-order valence-electron chi connectivity index (χ4n) is 4.69. The molecule has 0 radical (unpaired) electrons. The van der Waals surface area contributed by atoms with E-state index in [9.17, 15) is 17.9 Å². The number of fused-ring (bicyclic) bond motifs is 1. The highest BCUT2D eigenvalue weighted by atomic mass is 32.2. The molecule has 4 aromatic rings. The lowest BCUT2D eigenvalue weighted by molar-refractivity contribution is 0.200. The molecule has 8 nitrogen and oxygen atoms in total. The molecule has 5 rings (SSSR count). The summed E-state index contributed by atoms with van der Waals surface area (Å²) in [5.41, 5.74) is 2.71. The number of aromatic nitrogens is 4. The molecule has 0 aliphatic carbocycles. The minimum atomic E-state index is -3.71. The Bertz CT molecular complexity index is 1440. The quantitative estimate of drug-likeness (QED) is 0.485. The average molecular weight is 470 g/mol. The fourth-order valence-corrected chi connectivity index (χ4v) is 6.21. The van der Waals surface area contributed by atoms with E-state index in [2.05, 4.69) is 10.2 Å². The molecule has 10 heteroatoms. The normalized spacial score (nSPS) is 19.5. The van der Waals surface area contributed by atoms with Gasteiger partial charge < -0.3 is 5.11 Å². The van der Waals surface area contributed by atoms with Crippen LogP contribution in [0.1, 0.15) is 17.5 Å². The molecule has 1 aliphatic heterocycles. The van der Waals surface area contributed by atoms with Crippen LogP contribution < -0.4 is 0 Å². The minimum Gasteiger partial charge on any atom is -0.395 e. The smallest absolute Gasteiger partial charge is 0.246 e. The molecule has 1 aliphatic rings. The first-order valence-electron chi connectivity index (χ1n) is 10.6. The van der Waals surface area contributed by atoms with Crippen LogP contribution in [0.2, 0.25) is 0 Å². The predicted octanol–water partition coefficient (Wildman–Crippen LogP) is 2.53. The number of hydrogen-bond acceptors (Lipinski definition) is 5. The second kappa shape index (κ2) is 7.75. The molecule has 1 saturated heterocycles. The summed E-state index contributed by atoms with van der Waals surface area (Å²) >= 11 is 0. The number of benzene rings is 2. The number of aryl methyl sites for hydroxylation is 2. The van der Waals surface area contributed by atoms with E-state index in [1.807, 2.05) is 19.1 Å². The maximum Gasteiger partial charge on any atom is 0.246 e. The van der Waals surface area contributed by atoms with Crippen molar-refractivity contribution in [2.24, 2.45) is 7.05 Å². The van der Waals surface area contributed by atoms with Gasteiger partial charge in [-0.25, -0.2) is 17.5 Å². The van der Waals surface area contributed by atoms with Gasteiger partial charge in [-0.05, 0) is 60.9 Å². The van der Waals surface area contributed by atoms with Crippen molar-refractivity contribution in [3.8, 4) is 5.69 Å². The molecule has 1 atom stereocenters. The van der Waals surface area contributed by atoms with Crippen molar-refractivity contribution >= 4 is 20.9 Å². The summed E-state index contributed by atoms with van der Waals surface area (Å²) in [4.78, 5) is 0.145. The van der Waals surface area contributed by atoms with Gasteiger partial charge in [0.15, 0.2) is 0 Å². The van der Waals surface area contributed by atoms with Gasteiger partial charge in [-0.1, -0.05) is 0 Å². The second-order valence-electron chi connectivity index (χ2n) is 8.64. The van der Waals surface area contributed by atoms with E-state index in [0.717, 1.165) is 27.7 Å². The molecule has 172 valence electrons. The molecule has 1 N–H and O–H groups in total. The SMILES string of the molecule is Cc1cc2c(cnn2-c2ccc(F)cc2)cc1C1(CO)CCN(S(=O)(=O)c2cnn(C)c2)C1. The Balaban J connectivity index is 1.52. The first-order valence-corrected chi connectivity index (χ1v) is 12.0. The lowest BCUT2D eigenvalue weighted by Gasteiger charge is -2.29. The first kappa shape index (κ1) is 21.7. The van der Waals surface area contributed by atoms with Crippen LogP contribution in [0.3, 0.4) is 0 Å². The lowest BCUT2D eigenvalue weighted by Crippen LogP contribution is -2.37. The Hall–Kier alpha value is -3.08. The van der Waals surface area contributed by atoms with Gasteiger partial charge in [0.1, 0.15) is 10.7 Å². The minimum absolute atomic E-state index is 0.145. The van der Waals surface area contributed by atoms with E-state index >= 15 is 0 Å². The summed E-state index contributed by atoms with van der Waals surface area (Å²) in [6.07, 6.45) is 5.05. The van der Waals surface area contributed by atoms with Gasteiger partial charge in [0.05, 0.1) is 30.2 Å². The highest BCUT2D eigenvalue weighted by Crippen LogP contribution is 2.40. The number of aliphatic hydroxyl groups excluding tert-OH is 1. The molecule has 1 unspecified atom stereocenters. The van der Waals surface area contributed by atoms with Crippen LogP contribution in [0.4, 0.5) is 4.39 Å². The average Bonchev–Trinajstić information content (AvgIpc) is 3.52. The van der Waals surface area contributed by atoms with Gasteiger partial charge in [0.25, 0.3) is 0 Å². The van der Waals surface area contributed by atoms with E-state index in [0.29, 0.717) is 13.0 Å². The molecule has 2 aromatic carbocycles. The summed E-state index contributed by atoms with van der Waals surface area (Å²) < 4.78 is 44.2. The number of hydrogen-bond donors (Lipinski definition) is 1. The summed E-state index contributed by atoms with van der Waals surface area (Å²) in [7, 11) is -2.03. The van der Waals surface area contributed by atoms with Crippen molar-refractivity contribution in [2.45, 2.75) is 23.7 Å². The number of sulfonamides is 1. The van der Waals surface area contributed by atoms with Crippen LogP contribution in [-0.2, 0) is 22.5 Å². The molecule has 0 bridgehead atoms. The molecule has 0 amide bonds. The lowest BCUT2D eigenvalue weighted by atomic mass is 9.78. The van der Waals surface area contributed by atoms with Gasteiger partial charge in [-0.3, -0.25) is 4.68 Å². The largest absolute Gasteiger partial charge is 0.395 e. The molecule has 1 fully saturated rings. The van der Waals surface area contributed by atoms with Crippen LogP contribution >= 0.6 is 0 Å². The fraction of sp³-hybridized carbons (Fsp3) is 0.304. The molecular weight excluding hydrogens is 445 g/mol. The van der Waals surface area contributed by atoms with Crippen LogP contribution in [0.15, 0.2) is 59.9 Å². The van der Waals surface area contributed by atoms with E-state index in [-0.39, 0.29) is 23.9 Å². The molecular formula is C23H24FN5O3S. The molecule has 0 spiro atoms. The van der Waals surface area contributed by atoms with Crippen molar-refractivity contribution < 1.29 is 17.9 Å². The van der Waals surface area contributed by atoms with Crippen LogP contribution in [0.5, 0.6) is 0 Å². The van der Waals surface area contributed by atoms with E-state index in [1.54, 1.807) is 30.1 Å². The number of halogens is 1. The Labute approximate surface area is 190 Å². The highest BCUT2D eigenvalue weighted by Gasteiger charge is 2.45. The van der Waals surface area contributed by atoms with Crippen molar-refractivity contribution in [1.29, 1.82) is 0 Å². The third-order valence-electron chi connectivity index (χ3n) is 6.50. The van der Waals surface area contributed by atoms with Crippen LogP contribution in [0, 0.1) is 12.7 Å².